The van der Waals surface area contributed by atoms with Crippen molar-refractivity contribution in [3.63, 3.8) is 0 Å². The molecule has 0 aliphatic heterocycles. The molecule has 0 heterocycles. The first-order valence-corrected chi connectivity index (χ1v) is 6.66. The molecule has 0 radical (unpaired) electrons. The summed E-state index contributed by atoms with van der Waals surface area (Å²) in [6.07, 6.45) is -0.921. The lowest BCUT2D eigenvalue weighted by molar-refractivity contribution is 0.102. The summed E-state index contributed by atoms with van der Waals surface area (Å²) in [4.78, 5) is 0. The van der Waals surface area contributed by atoms with Gasteiger partial charge in [-0.2, -0.15) is 5.26 Å². The zero-order valence-corrected chi connectivity index (χ0v) is 10.7. The summed E-state index contributed by atoms with van der Waals surface area (Å²) >= 11 is 0. The van der Waals surface area contributed by atoms with Crippen LogP contribution < -0.4 is 5.14 Å². The van der Waals surface area contributed by atoms with Crippen LogP contribution in [-0.2, 0) is 14.8 Å². The molecule has 98 valence electrons. The van der Waals surface area contributed by atoms with E-state index in [2.05, 4.69) is 0 Å². The third-order valence-electron chi connectivity index (χ3n) is 2.64. The number of nitriles is 1. The Kier molecular flexibility index (Phi) is 4.40. The fourth-order valence-electron chi connectivity index (χ4n) is 1.62. The van der Waals surface area contributed by atoms with Crippen LogP contribution in [0.5, 0.6) is 0 Å². The van der Waals surface area contributed by atoms with E-state index in [1.54, 1.807) is 6.07 Å². The van der Waals surface area contributed by atoms with E-state index < -0.39 is 27.2 Å². The topological polar surface area (TPSA) is 93.2 Å². The molecule has 0 aliphatic carbocycles. The van der Waals surface area contributed by atoms with E-state index in [0.29, 0.717) is 5.56 Å². The Bertz CT molecular complexity index is 580. The Morgan fingerprint density at radius 3 is 2.56 bits per heavy atom. The molecule has 2 N–H and O–H groups in total. The van der Waals surface area contributed by atoms with Gasteiger partial charge in [0, 0.05) is 12.7 Å². The van der Waals surface area contributed by atoms with Crippen LogP contribution in [-0.4, -0.2) is 20.8 Å². The van der Waals surface area contributed by atoms with Gasteiger partial charge in [0.05, 0.1) is 11.6 Å². The first-order valence-electron chi connectivity index (χ1n) is 5.05. The van der Waals surface area contributed by atoms with Crippen LogP contribution in [0.4, 0.5) is 4.39 Å². The van der Waals surface area contributed by atoms with Gasteiger partial charge in [-0.3, -0.25) is 0 Å². The number of primary sulfonamides is 1. The number of hydrogen-bond donors (Lipinski definition) is 1. The molecule has 0 aromatic heterocycles. The highest BCUT2D eigenvalue weighted by atomic mass is 32.2. The number of nitrogens with two attached hydrogens (primary N) is 1. The second-order valence-electron chi connectivity index (χ2n) is 3.79. The Hall–Kier alpha value is -1.49. The van der Waals surface area contributed by atoms with Gasteiger partial charge in [0.2, 0.25) is 10.0 Å². The van der Waals surface area contributed by atoms with Gasteiger partial charge < -0.3 is 4.74 Å². The number of nitrogens with zero attached hydrogens (tertiary/aromatic N) is 1. The van der Waals surface area contributed by atoms with Gasteiger partial charge in [-0.05, 0) is 19.1 Å². The molecule has 7 heteroatoms. The molecule has 2 atom stereocenters. The smallest absolute Gasteiger partial charge is 0.214 e. The van der Waals surface area contributed by atoms with Crippen molar-refractivity contribution in [2.24, 2.45) is 5.14 Å². The first kappa shape index (κ1) is 14.6. The van der Waals surface area contributed by atoms with Gasteiger partial charge in [-0.15, -0.1) is 0 Å². The molecule has 0 unspecified atom stereocenters. The molecule has 1 aromatic rings. The molecular formula is C11H13FN2O3S. The van der Waals surface area contributed by atoms with Crippen LogP contribution in [0.2, 0.25) is 0 Å². The SMILES string of the molecule is CO[C@@H](c1ccc(F)cc1C#N)[C@H](C)S(N)(=O)=O. The molecule has 0 aliphatic rings. The quantitative estimate of drug-likeness (QED) is 0.886. The van der Waals surface area contributed by atoms with E-state index >= 15 is 0 Å². The van der Waals surface area contributed by atoms with E-state index in [4.69, 9.17) is 15.1 Å². The summed E-state index contributed by atoms with van der Waals surface area (Å²) in [5.41, 5.74) is 0.320. The van der Waals surface area contributed by atoms with Crippen molar-refractivity contribution in [2.75, 3.05) is 7.11 Å². The summed E-state index contributed by atoms with van der Waals surface area (Å²) in [5, 5.41) is 12.9. The zero-order valence-electron chi connectivity index (χ0n) is 9.92. The van der Waals surface area contributed by atoms with Crippen molar-refractivity contribution in [3.8, 4) is 6.07 Å². The molecule has 5 nitrogen and oxygen atoms in total. The second kappa shape index (κ2) is 5.44. The van der Waals surface area contributed by atoms with Gasteiger partial charge in [0.15, 0.2) is 0 Å². The summed E-state index contributed by atoms with van der Waals surface area (Å²) in [5.74, 6) is -0.576. The molecule has 0 bridgehead atoms. The highest BCUT2D eigenvalue weighted by Gasteiger charge is 2.29. The standard InChI is InChI=1S/C11H13FN2O3S/c1-7(18(14,15)16)11(17-2)10-4-3-9(12)5-8(10)6-13/h3-5,7,11H,1-2H3,(H2,14,15,16)/t7-,11+/m0/s1. The highest BCUT2D eigenvalue weighted by molar-refractivity contribution is 7.89. The number of halogens is 1. The maximum atomic E-state index is 13.0. The van der Waals surface area contributed by atoms with Crippen molar-refractivity contribution in [1.29, 1.82) is 5.26 Å². The van der Waals surface area contributed by atoms with Gasteiger partial charge in [-0.25, -0.2) is 17.9 Å². The normalized spacial score (nSPS) is 14.8. The van der Waals surface area contributed by atoms with Crippen molar-refractivity contribution >= 4 is 10.0 Å². The van der Waals surface area contributed by atoms with Crippen LogP contribution in [0.1, 0.15) is 24.2 Å². The van der Waals surface area contributed by atoms with Crippen LogP contribution in [0.3, 0.4) is 0 Å². The predicted octanol–water partition coefficient (Wildman–Crippen LogP) is 1.06. The highest BCUT2D eigenvalue weighted by Crippen LogP contribution is 2.27. The Morgan fingerprint density at radius 2 is 2.11 bits per heavy atom. The summed E-state index contributed by atoms with van der Waals surface area (Å²) in [6.45, 7) is 1.37. The minimum atomic E-state index is -3.83. The number of hydrogen-bond acceptors (Lipinski definition) is 4. The van der Waals surface area contributed by atoms with Gasteiger partial charge >= 0.3 is 0 Å². The predicted molar refractivity (Wildman–Crippen MR) is 63.4 cm³/mol. The molecule has 0 amide bonds. The minimum absolute atomic E-state index is 0.0253. The maximum absolute atomic E-state index is 13.0. The first-order chi connectivity index (χ1) is 8.31. The largest absolute Gasteiger partial charge is 0.375 e. The third-order valence-corrected chi connectivity index (χ3v) is 3.92. The van der Waals surface area contributed by atoms with Crippen LogP contribution >= 0.6 is 0 Å². The van der Waals surface area contributed by atoms with Crippen molar-refractivity contribution < 1.29 is 17.5 Å². The van der Waals surface area contributed by atoms with Gasteiger partial charge in [0.1, 0.15) is 17.2 Å². The van der Waals surface area contributed by atoms with Crippen LogP contribution in [0.15, 0.2) is 18.2 Å². The lowest BCUT2D eigenvalue weighted by atomic mass is 10.0. The molecule has 1 rings (SSSR count). The fraction of sp³-hybridized carbons (Fsp3) is 0.364. The van der Waals surface area contributed by atoms with E-state index in [1.165, 1.54) is 20.1 Å². The number of rotatable bonds is 4. The molecule has 1 aromatic carbocycles. The fourth-order valence-corrected chi connectivity index (χ4v) is 2.22. The average Bonchev–Trinajstić information content (AvgIpc) is 2.30. The van der Waals surface area contributed by atoms with Gasteiger partial charge in [0.25, 0.3) is 0 Å². The molecular weight excluding hydrogens is 259 g/mol. The third kappa shape index (κ3) is 3.04. The van der Waals surface area contributed by atoms with Gasteiger partial charge in [-0.1, -0.05) is 6.07 Å². The summed E-state index contributed by atoms with van der Waals surface area (Å²) in [7, 11) is -2.52. The monoisotopic (exact) mass is 272 g/mol. The molecule has 18 heavy (non-hydrogen) atoms. The summed E-state index contributed by atoms with van der Waals surface area (Å²) in [6, 6.07) is 5.29. The van der Waals surface area contributed by atoms with E-state index in [0.717, 1.165) is 12.1 Å². The lowest BCUT2D eigenvalue weighted by Gasteiger charge is -2.22. The van der Waals surface area contributed by atoms with Crippen molar-refractivity contribution in [3.05, 3.63) is 35.1 Å². The number of benzene rings is 1. The molecule has 0 saturated heterocycles. The molecule has 0 fully saturated rings. The lowest BCUT2D eigenvalue weighted by Crippen LogP contribution is -2.32. The van der Waals surface area contributed by atoms with Crippen LogP contribution in [0.25, 0.3) is 0 Å². The minimum Gasteiger partial charge on any atom is -0.375 e. The van der Waals surface area contributed by atoms with Crippen LogP contribution in [0, 0.1) is 17.1 Å². The van der Waals surface area contributed by atoms with E-state index in [1.807, 2.05) is 0 Å². The number of ether oxygens (including phenoxy) is 1. The molecule has 0 spiro atoms. The average molecular weight is 272 g/mol. The Balaban J connectivity index is 3.31. The number of sulfonamides is 1. The summed E-state index contributed by atoms with van der Waals surface area (Å²) < 4.78 is 40.7. The number of methoxy groups -OCH3 is 1. The van der Waals surface area contributed by atoms with E-state index in [-0.39, 0.29) is 5.56 Å². The van der Waals surface area contributed by atoms with Crippen molar-refractivity contribution in [2.45, 2.75) is 18.3 Å². The van der Waals surface area contributed by atoms with E-state index in [9.17, 15) is 12.8 Å². The maximum Gasteiger partial charge on any atom is 0.214 e. The zero-order chi connectivity index (χ0) is 13.9. The Morgan fingerprint density at radius 1 is 1.50 bits per heavy atom. The van der Waals surface area contributed by atoms with Crippen molar-refractivity contribution in [1.82, 2.24) is 0 Å². The molecule has 0 saturated carbocycles. The second-order valence-corrected chi connectivity index (χ2v) is 5.72. The Labute approximate surface area is 105 Å².